The van der Waals surface area contributed by atoms with Gasteiger partial charge in [-0.05, 0) is 54.7 Å². The second kappa shape index (κ2) is 8.98. The molecule has 0 spiro atoms. The van der Waals surface area contributed by atoms with E-state index in [9.17, 15) is 18.0 Å². The van der Waals surface area contributed by atoms with E-state index in [1.165, 1.54) is 12.1 Å². The molecule has 2 heterocycles. The maximum atomic E-state index is 13.2. The molecule has 0 radical (unpaired) electrons. The van der Waals surface area contributed by atoms with Crippen LogP contribution in [-0.4, -0.2) is 12.9 Å². The predicted molar refractivity (Wildman–Crippen MR) is 118 cm³/mol. The van der Waals surface area contributed by atoms with E-state index >= 15 is 0 Å². The minimum atomic E-state index is -4.38. The van der Waals surface area contributed by atoms with Crippen LogP contribution in [0.15, 0.2) is 59.6 Å². The first-order valence-corrected chi connectivity index (χ1v) is 11.2. The number of hydrogen-bond acceptors (Lipinski definition) is 4. The zero-order valence-corrected chi connectivity index (χ0v) is 18.6. The molecular weight excluding hydrogens is 437 g/mol. The summed E-state index contributed by atoms with van der Waals surface area (Å²) >= 11 is 1.58. The number of alkyl halides is 3. The van der Waals surface area contributed by atoms with Gasteiger partial charge in [0, 0.05) is 27.3 Å². The van der Waals surface area contributed by atoms with Crippen LogP contribution in [0.25, 0.3) is 11.1 Å². The Morgan fingerprint density at radius 3 is 2.81 bits per heavy atom. The van der Waals surface area contributed by atoms with Crippen LogP contribution in [0.1, 0.15) is 34.2 Å². The third-order valence-corrected chi connectivity index (χ3v) is 7.09. The van der Waals surface area contributed by atoms with E-state index in [-0.39, 0.29) is 12.5 Å². The number of benzene rings is 1. The van der Waals surface area contributed by atoms with Gasteiger partial charge in [0.25, 0.3) is 0 Å². The molecule has 0 saturated carbocycles. The zero-order chi connectivity index (χ0) is 22.9. The van der Waals surface area contributed by atoms with Gasteiger partial charge in [-0.15, -0.1) is 11.3 Å². The first-order chi connectivity index (χ1) is 15.3. The van der Waals surface area contributed by atoms with Crippen molar-refractivity contribution >= 4 is 17.6 Å². The van der Waals surface area contributed by atoms with Gasteiger partial charge in [0.15, 0.2) is 0 Å². The Kier molecular flexibility index (Phi) is 6.29. The second-order valence-electron chi connectivity index (χ2n) is 7.81. The van der Waals surface area contributed by atoms with Crippen molar-refractivity contribution in [2.45, 2.75) is 39.5 Å². The fraction of sp³-hybridized carbons (Fsp3) is 0.320. The molecule has 32 heavy (non-hydrogen) atoms. The molecule has 1 aliphatic carbocycles. The maximum absolute atomic E-state index is 13.2. The summed E-state index contributed by atoms with van der Waals surface area (Å²) in [6.45, 7) is 4.54. The highest BCUT2D eigenvalue weighted by molar-refractivity contribution is 7.12. The molecule has 1 atom stereocenters. The number of halogens is 3. The molecule has 168 valence electrons. The van der Waals surface area contributed by atoms with Crippen LogP contribution in [-0.2, 0) is 33.5 Å². The van der Waals surface area contributed by atoms with Crippen LogP contribution >= 0.6 is 11.3 Å². The number of hydrogen-bond donors (Lipinski definition) is 0. The molecular formula is C25H23F3O3S. The lowest BCUT2D eigenvalue weighted by Crippen LogP contribution is -2.17. The first-order valence-electron chi connectivity index (χ1n) is 10.4. The standard InChI is InChI=1S/C25H23F3O3S/c1-3-22-24(18-5-4-6-19(10-18)25(26,27)28)15(2)23(32-22)14-30-20-8-7-17-9-16(12-29)13-31-21(17)11-20/h4-6,8-12,17H,3,7,13-14H2,1-2H3. The SMILES string of the molecule is CCc1sc(COC2=CCC3C=C(C=O)COC3=C2)c(C)c1-c1cccc(C(F)(F)F)c1. The van der Waals surface area contributed by atoms with E-state index in [2.05, 4.69) is 0 Å². The predicted octanol–water partition coefficient (Wildman–Crippen LogP) is 6.76. The van der Waals surface area contributed by atoms with Crippen LogP contribution < -0.4 is 0 Å². The normalized spacial score (nSPS) is 18.2. The number of ether oxygens (including phenoxy) is 2. The highest BCUT2D eigenvalue weighted by Crippen LogP contribution is 2.40. The number of carbonyl (C=O) groups is 1. The summed E-state index contributed by atoms with van der Waals surface area (Å²) in [6.07, 6.45) is 3.61. The Morgan fingerprint density at radius 2 is 2.09 bits per heavy atom. The van der Waals surface area contributed by atoms with Crippen molar-refractivity contribution in [3.8, 4) is 11.1 Å². The van der Waals surface area contributed by atoms with E-state index in [0.29, 0.717) is 29.9 Å². The smallest absolute Gasteiger partial charge is 0.416 e. The highest BCUT2D eigenvalue weighted by atomic mass is 32.1. The molecule has 7 heteroatoms. The molecule has 2 aromatic rings. The van der Waals surface area contributed by atoms with Gasteiger partial charge < -0.3 is 9.47 Å². The minimum absolute atomic E-state index is 0.0546. The van der Waals surface area contributed by atoms with Crippen molar-refractivity contribution < 1.29 is 27.4 Å². The lowest BCUT2D eigenvalue weighted by atomic mass is 9.93. The van der Waals surface area contributed by atoms with Gasteiger partial charge >= 0.3 is 6.18 Å². The molecule has 1 aliphatic heterocycles. The molecule has 0 bridgehead atoms. The molecule has 1 unspecified atom stereocenters. The fourth-order valence-electron chi connectivity index (χ4n) is 4.00. The van der Waals surface area contributed by atoms with Crippen molar-refractivity contribution in [2.75, 3.05) is 6.61 Å². The molecule has 3 nitrogen and oxygen atoms in total. The Bertz CT molecular complexity index is 1120. The summed E-state index contributed by atoms with van der Waals surface area (Å²) in [6, 6.07) is 5.49. The van der Waals surface area contributed by atoms with Crippen LogP contribution in [0.5, 0.6) is 0 Å². The van der Waals surface area contributed by atoms with Crippen LogP contribution in [0.3, 0.4) is 0 Å². The number of carbonyl (C=O) groups excluding carboxylic acids is 1. The van der Waals surface area contributed by atoms with Gasteiger partial charge in [-0.3, -0.25) is 4.79 Å². The average molecular weight is 461 g/mol. The van der Waals surface area contributed by atoms with Crippen molar-refractivity contribution in [3.05, 3.63) is 80.5 Å². The molecule has 4 rings (SSSR count). The van der Waals surface area contributed by atoms with Crippen LogP contribution in [0.2, 0.25) is 0 Å². The largest absolute Gasteiger partial charge is 0.492 e. The Labute approximate surface area is 188 Å². The van der Waals surface area contributed by atoms with E-state index in [4.69, 9.17) is 9.47 Å². The molecule has 0 fully saturated rings. The van der Waals surface area contributed by atoms with Gasteiger partial charge in [0.2, 0.25) is 0 Å². The summed E-state index contributed by atoms with van der Waals surface area (Å²) in [5, 5.41) is 0. The lowest BCUT2D eigenvalue weighted by molar-refractivity contribution is -0.137. The summed E-state index contributed by atoms with van der Waals surface area (Å²) in [5.41, 5.74) is 2.38. The summed E-state index contributed by atoms with van der Waals surface area (Å²) in [4.78, 5) is 13.0. The maximum Gasteiger partial charge on any atom is 0.416 e. The third-order valence-electron chi connectivity index (χ3n) is 5.68. The van der Waals surface area contributed by atoms with Crippen molar-refractivity contribution in [3.63, 3.8) is 0 Å². The van der Waals surface area contributed by atoms with E-state index in [0.717, 1.165) is 45.4 Å². The monoisotopic (exact) mass is 460 g/mol. The van der Waals surface area contributed by atoms with Gasteiger partial charge in [-0.2, -0.15) is 13.2 Å². The molecule has 2 aliphatic rings. The number of fused-ring (bicyclic) bond motifs is 1. The Morgan fingerprint density at radius 1 is 1.28 bits per heavy atom. The molecule has 0 saturated heterocycles. The fourth-order valence-corrected chi connectivity index (χ4v) is 5.19. The van der Waals surface area contributed by atoms with Crippen LogP contribution in [0, 0.1) is 12.8 Å². The second-order valence-corrected chi connectivity index (χ2v) is 9.00. The van der Waals surface area contributed by atoms with Gasteiger partial charge in [-0.25, -0.2) is 0 Å². The van der Waals surface area contributed by atoms with Gasteiger partial charge in [0.05, 0.1) is 5.56 Å². The Hall–Kier alpha value is -2.80. The van der Waals surface area contributed by atoms with E-state index < -0.39 is 11.7 Å². The molecule has 1 aromatic heterocycles. The molecule has 0 N–H and O–H groups in total. The molecule has 1 aromatic carbocycles. The number of rotatable bonds is 6. The summed E-state index contributed by atoms with van der Waals surface area (Å²) in [5.74, 6) is 1.54. The first kappa shape index (κ1) is 22.4. The van der Waals surface area contributed by atoms with Gasteiger partial charge in [-0.1, -0.05) is 25.1 Å². The minimum Gasteiger partial charge on any atom is -0.492 e. The van der Waals surface area contributed by atoms with E-state index in [1.54, 1.807) is 17.4 Å². The highest BCUT2D eigenvalue weighted by Gasteiger charge is 2.31. The van der Waals surface area contributed by atoms with E-state index in [1.807, 2.05) is 32.1 Å². The lowest BCUT2D eigenvalue weighted by Gasteiger charge is -2.26. The summed E-state index contributed by atoms with van der Waals surface area (Å²) < 4.78 is 51.3. The Balaban J connectivity index is 1.54. The number of allylic oxidation sites excluding steroid dienone is 3. The third kappa shape index (κ3) is 4.53. The quantitative estimate of drug-likeness (QED) is 0.447. The van der Waals surface area contributed by atoms with Crippen molar-refractivity contribution in [1.29, 1.82) is 0 Å². The van der Waals surface area contributed by atoms with Gasteiger partial charge in [0.1, 0.15) is 31.0 Å². The number of aryl methyl sites for hydroxylation is 1. The van der Waals surface area contributed by atoms with Crippen LogP contribution in [0.4, 0.5) is 13.2 Å². The topological polar surface area (TPSA) is 35.5 Å². The number of aldehydes is 1. The van der Waals surface area contributed by atoms with Crippen molar-refractivity contribution in [1.82, 2.24) is 0 Å². The number of thiophene rings is 1. The van der Waals surface area contributed by atoms with Crippen molar-refractivity contribution in [2.24, 2.45) is 5.92 Å². The average Bonchev–Trinajstić information content (AvgIpc) is 3.12. The zero-order valence-electron chi connectivity index (χ0n) is 17.8. The molecule has 0 amide bonds. The summed E-state index contributed by atoms with van der Waals surface area (Å²) in [7, 11) is 0.